The molecule has 0 aliphatic carbocycles. The summed E-state index contributed by atoms with van der Waals surface area (Å²) in [5.41, 5.74) is 0.346. The van der Waals surface area contributed by atoms with E-state index in [4.69, 9.17) is 4.74 Å². The average Bonchev–Trinajstić information content (AvgIpc) is 2.33. The smallest absolute Gasteiger partial charge is 0.124 e. The van der Waals surface area contributed by atoms with Crippen LogP contribution in [-0.2, 0) is 11.3 Å². The standard InChI is InChI=1S/C14H19BrFNO2/c1-17(10-14(18)4-6-19-7-5-14)9-11-2-3-12(16)8-13(11)15/h2-3,8,18H,4-7,9-10H2,1H3. The summed E-state index contributed by atoms with van der Waals surface area (Å²) in [7, 11) is 1.96. The Hall–Kier alpha value is -0.490. The molecule has 0 unspecified atom stereocenters. The summed E-state index contributed by atoms with van der Waals surface area (Å²) < 4.78 is 19.1. The Balaban J connectivity index is 1.95. The van der Waals surface area contributed by atoms with Gasteiger partial charge >= 0.3 is 0 Å². The predicted octanol–water partition coefficient (Wildman–Crippen LogP) is 2.56. The summed E-state index contributed by atoms with van der Waals surface area (Å²) >= 11 is 3.37. The highest BCUT2D eigenvalue weighted by Gasteiger charge is 2.31. The van der Waals surface area contributed by atoms with Crippen LogP contribution in [0.1, 0.15) is 18.4 Å². The van der Waals surface area contributed by atoms with Crippen molar-refractivity contribution in [3.8, 4) is 0 Å². The first-order valence-electron chi connectivity index (χ1n) is 6.41. The van der Waals surface area contributed by atoms with Crippen LogP contribution in [0.4, 0.5) is 4.39 Å². The minimum atomic E-state index is -0.667. The van der Waals surface area contributed by atoms with E-state index in [9.17, 15) is 9.50 Å². The molecule has 1 aromatic rings. The van der Waals surface area contributed by atoms with Crippen molar-refractivity contribution in [2.24, 2.45) is 0 Å². The topological polar surface area (TPSA) is 32.7 Å². The van der Waals surface area contributed by atoms with Crippen LogP contribution in [0.5, 0.6) is 0 Å². The third-order valence-electron chi connectivity index (χ3n) is 3.44. The molecule has 0 bridgehead atoms. The normalized spacial score (nSPS) is 18.8. The van der Waals surface area contributed by atoms with Crippen molar-refractivity contribution in [3.05, 3.63) is 34.1 Å². The van der Waals surface area contributed by atoms with Crippen LogP contribution >= 0.6 is 15.9 Å². The van der Waals surface area contributed by atoms with Gasteiger partial charge in [0.05, 0.1) is 5.60 Å². The van der Waals surface area contributed by atoms with E-state index in [0.29, 0.717) is 39.1 Å². The highest BCUT2D eigenvalue weighted by molar-refractivity contribution is 9.10. The van der Waals surface area contributed by atoms with E-state index in [1.807, 2.05) is 7.05 Å². The van der Waals surface area contributed by atoms with Crippen LogP contribution < -0.4 is 0 Å². The zero-order valence-electron chi connectivity index (χ0n) is 11.0. The second-order valence-corrected chi connectivity index (χ2v) is 6.10. The molecule has 0 amide bonds. The van der Waals surface area contributed by atoms with Crippen LogP contribution in [0.25, 0.3) is 0 Å². The first kappa shape index (κ1) is 14.9. The van der Waals surface area contributed by atoms with Gasteiger partial charge in [0.1, 0.15) is 5.82 Å². The number of rotatable bonds is 4. The second kappa shape index (κ2) is 6.31. The molecule has 0 atom stereocenters. The first-order chi connectivity index (χ1) is 8.98. The molecular formula is C14H19BrFNO2. The largest absolute Gasteiger partial charge is 0.388 e. The molecule has 1 N–H and O–H groups in total. The lowest BCUT2D eigenvalue weighted by atomic mass is 9.94. The van der Waals surface area contributed by atoms with Gasteiger partial charge in [-0.1, -0.05) is 22.0 Å². The van der Waals surface area contributed by atoms with Crippen LogP contribution in [0.2, 0.25) is 0 Å². The molecule has 1 heterocycles. The lowest BCUT2D eigenvalue weighted by Gasteiger charge is -2.35. The van der Waals surface area contributed by atoms with Crippen molar-refractivity contribution in [2.45, 2.75) is 25.0 Å². The van der Waals surface area contributed by atoms with E-state index < -0.39 is 5.60 Å². The molecular weight excluding hydrogens is 313 g/mol. The highest BCUT2D eigenvalue weighted by atomic mass is 79.9. The molecule has 3 nitrogen and oxygen atoms in total. The monoisotopic (exact) mass is 331 g/mol. The summed E-state index contributed by atoms with van der Waals surface area (Å²) in [6, 6.07) is 4.69. The fourth-order valence-electron chi connectivity index (χ4n) is 2.41. The lowest BCUT2D eigenvalue weighted by Crippen LogP contribution is -2.45. The summed E-state index contributed by atoms with van der Waals surface area (Å²) in [6.07, 6.45) is 1.34. The number of ether oxygens (including phenoxy) is 1. The van der Waals surface area contributed by atoms with Crippen molar-refractivity contribution >= 4 is 15.9 Å². The van der Waals surface area contributed by atoms with Gasteiger partial charge in [-0.25, -0.2) is 4.39 Å². The van der Waals surface area contributed by atoms with Gasteiger partial charge in [0.15, 0.2) is 0 Å². The Labute approximate surface area is 121 Å². The number of likely N-dealkylation sites (N-methyl/N-ethyl adjacent to an activating group) is 1. The molecule has 1 aromatic carbocycles. The number of benzene rings is 1. The Morgan fingerprint density at radius 2 is 2.11 bits per heavy atom. The Morgan fingerprint density at radius 1 is 1.42 bits per heavy atom. The number of aliphatic hydroxyl groups is 1. The zero-order valence-corrected chi connectivity index (χ0v) is 12.6. The zero-order chi connectivity index (χ0) is 13.9. The van der Waals surface area contributed by atoms with Crippen LogP contribution in [0.15, 0.2) is 22.7 Å². The van der Waals surface area contributed by atoms with E-state index in [2.05, 4.69) is 20.8 Å². The Kier molecular flexibility index (Phi) is 4.95. The molecule has 1 aliphatic rings. The van der Waals surface area contributed by atoms with Crippen LogP contribution in [0, 0.1) is 5.82 Å². The molecule has 2 rings (SSSR count). The third-order valence-corrected chi connectivity index (χ3v) is 4.18. The van der Waals surface area contributed by atoms with Gasteiger partial charge in [-0.2, -0.15) is 0 Å². The molecule has 1 fully saturated rings. The Morgan fingerprint density at radius 3 is 2.74 bits per heavy atom. The number of hydrogen-bond donors (Lipinski definition) is 1. The van der Waals surface area contributed by atoms with Crippen molar-refractivity contribution < 1.29 is 14.2 Å². The van der Waals surface area contributed by atoms with Crippen molar-refractivity contribution in [1.82, 2.24) is 4.90 Å². The second-order valence-electron chi connectivity index (χ2n) is 5.24. The van der Waals surface area contributed by atoms with Gasteiger partial charge in [0, 0.05) is 43.6 Å². The maximum atomic E-state index is 13.0. The van der Waals surface area contributed by atoms with Crippen LogP contribution in [0.3, 0.4) is 0 Å². The number of hydrogen-bond acceptors (Lipinski definition) is 3. The predicted molar refractivity (Wildman–Crippen MR) is 75.4 cm³/mol. The fraction of sp³-hybridized carbons (Fsp3) is 0.571. The molecule has 5 heteroatoms. The molecule has 0 radical (unpaired) electrons. The fourth-order valence-corrected chi connectivity index (χ4v) is 2.88. The van der Waals surface area contributed by atoms with Crippen LogP contribution in [-0.4, -0.2) is 42.4 Å². The number of halogens is 2. The van der Waals surface area contributed by atoms with Crippen molar-refractivity contribution in [1.29, 1.82) is 0 Å². The summed E-state index contributed by atoms with van der Waals surface area (Å²) in [4.78, 5) is 2.06. The van der Waals surface area contributed by atoms with E-state index in [-0.39, 0.29) is 5.82 Å². The molecule has 19 heavy (non-hydrogen) atoms. The third kappa shape index (κ3) is 4.24. The minimum absolute atomic E-state index is 0.249. The first-order valence-corrected chi connectivity index (χ1v) is 7.20. The van der Waals surface area contributed by atoms with Crippen molar-refractivity contribution in [3.63, 3.8) is 0 Å². The summed E-state index contributed by atoms with van der Waals surface area (Å²) in [5, 5.41) is 10.4. The maximum absolute atomic E-state index is 13.0. The highest BCUT2D eigenvalue weighted by Crippen LogP contribution is 2.24. The average molecular weight is 332 g/mol. The van der Waals surface area contributed by atoms with Gasteiger partial charge in [-0.05, 0) is 24.7 Å². The van der Waals surface area contributed by atoms with E-state index >= 15 is 0 Å². The molecule has 0 saturated carbocycles. The van der Waals surface area contributed by atoms with E-state index in [0.717, 1.165) is 10.0 Å². The number of nitrogens with zero attached hydrogens (tertiary/aromatic N) is 1. The Bertz CT molecular complexity index is 435. The molecule has 1 aliphatic heterocycles. The molecule has 0 aromatic heterocycles. The van der Waals surface area contributed by atoms with Gasteiger partial charge in [-0.3, -0.25) is 4.90 Å². The van der Waals surface area contributed by atoms with E-state index in [1.54, 1.807) is 6.07 Å². The van der Waals surface area contributed by atoms with Gasteiger partial charge in [-0.15, -0.1) is 0 Å². The molecule has 106 valence electrons. The van der Waals surface area contributed by atoms with Gasteiger partial charge < -0.3 is 9.84 Å². The quantitative estimate of drug-likeness (QED) is 0.920. The summed E-state index contributed by atoms with van der Waals surface area (Å²) in [6.45, 7) is 2.50. The van der Waals surface area contributed by atoms with E-state index in [1.165, 1.54) is 12.1 Å². The molecule has 1 saturated heterocycles. The summed E-state index contributed by atoms with van der Waals surface area (Å²) in [5.74, 6) is -0.249. The van der Waals surface area contributed by atoms with Gasteiger partial charge in [0.2, 0.25) is 0 Å². The molecule has 0 spiro atoms. The SMILES string of the molecule is CN(Cc1ccc(F)cc1Br)CC1(O)CCOCC1. The lowest BCUT2D eigenvalue weighted by molar-refractivity contribution is -0.0777. The minimum Gasteiger partial charge on any atom is -0.388 e. The van der Waals surface area contributed by atoms with Crippen molar-refractivity contribution in [2.75, 3.05) is 26.8 Å². The maximum Gasteiger partial charge on any atom is 0.124 e. The van der Waals surface area contributed by atoms with Gasteiger partial charge in [0.25, 0.3) is 0 Å².